The quantitative estimate of drug-likeness (QED) is 0.469. The molecule has 4 aromatic heterocycles. The Hall–Kier alpha value is -2.83. The number of rotatable bonds is 2. The molecule has 0 radical (unpaired) electrons. The Kier molecular flexibility index (Phi) is 3.26. The van der Waals surface area contributed by atoms with Crippen LogP contribution in [0.3, 0.4) is 0 Å². The average Bonchev–Trinajstić information content (AvgIpc) is 3.30. The predicted molar refractivity (Wildman–Crippen MR) is 106 cm³/mol. The van der Waals surface area contributed by atoms with E-state index < -0.39 is 0 Å². The summed E-state index contributed by atoms with van der Waals surface area (Å²) in [7, 11) is 0. The number of hydrogen-bond acceptors (Lipinski definition) is 6. The Bertz CT molecular complexity index is 1190. The van der Waals surface area contributed by atoms with Crippen LogP contribution in [0.4, 0.5) is 5.82 Å². The van der Waals surface area contributed by atoms with Crippen molar-refractivity contribution in [2.75, 3.05) is 5.73 Å². The molecule has 0 aliphatic heterocycles. The second kappa shape index (κ2) is 5.61. The summed E-state index contributed by atoms with van der Waals surface area (Å²) in [5, 5.41) is 3.11. The first-order valence-electron chi connectivity index (χ1n) is 7.74. The minimum absolute atomic E-state index is 0.504. The molecule has 0 atom stereocenters. The van der Waals surface area contributed by atoms with Gasteiger partial charge in [-0.15, -0.1) is 22.7 Å². The fourth-order valence-corrected chi connectivity index (χ4v) is 4.72. The number of anilines is 1. The number of nitrogens with two attached hydrogens (primary N) is 1. The molecule has 0 aliphatic carbocycles. The number of pyridine rings is 1. The highest BCUT2D eigenvalue weighted by Crippen LogP contribution is 2.41. The van der Waals surface area contributed by atoms with Crippen molar-refractivity contribution >= 4 is 48.9 Å². The molecule has 2 N–H and O–H groups in total. The summed E-state index contributed by atoms with van der Waals surface area (Å²) in [5.41, 5.74) is 10.2. The normalized spacial score (nSPS) is 11.4. The van der Waals surface area contributed by atoms with Gasteiger partial charge in [-0.05, 0) is 28.6 Å². The van der Waals surface area contributed by atoms with Crippen LogP contribution >= 0.6 is 22.7 Å². The number of nitrogen functional groups attached to an aromatic ring is 1. The third-order valence-electron chi connectivity index (χ3n) is 4.11. The third-order valence-corrected chi connectivity index (χ3v) is 6.10. The molecule has 0 saturated heterocycles. The fourth-order valence-electron chi connectivity index (χ4n) is 2.98. The number of hydrogen-bond donors (Lipinski definition) is 1. The van der Waals surface area contributed by atoms with Crippen LogP contribution < -0.4 is 5.73 Å². The van der Waals surface area contributed by atoms with Gasteiger partial charge in [-0.1, -0.05) is 36.4 Å². The Morgan fingerprint density at radius 1 is 0.960 bits per heavy atom. The van der Waals surface area contributed by atoms with E-state index in [0.29, 0.717) is 5.82 Å². The predicted octanol–water partition coefficient (Wildman–Crippen LogP) is 5.22. The molecule has 0 unspecified atom stereocenters. The fraction of sp³-hybridized carbons (Fsp3) is 0. The highest BCUT2D eigenvalue weighted by molar-refractivity contribution is 7.26. The van der Waals surface area contributed by atoms with Gasteiger partial charge in [0.1, 0.15) is 17.0 Å². The summed E-state index contributed by atoms with van der Waals surface area (Å²) in [4.78, 5) is 15.6. The van der Waals surface area contributed by atoms with Crippen LogP contribution in [0.1, 0.15) is 0 Å². The second-order valence-corrected chi connectivity index (χ2v) is 7.56. The van der Waals surface area contributed by atoms with E-state index in [4.69, 9.17) is 10.7 Å². The molecule has 4 heterocycles. The van der Waals surface area contributed by atoms with Crippen LogP contribution in [-0.2, 0) is 0 Å². The van der Waals surface area contributed by atoms with Crippen LogP contribution in [0, 0.1) is 0 Å². The summed E-state index contributed by atoms with van der Waals surface area (Å²) < 4.78 is 0.894. The first-order chi connectivity index (χ1) is 12.3. The molecule has 0 spiro atoms. The number of benzene rings is 1. The zero-order valence-electron chi connectivity index (χ0n) is 13.0. The van der Waals surface area contributed by atoms with Gasteiger partial charge in [0.25, 0.3) is 0 Å². The maximum Gasteiger partial charge on any atom is 0.144 e. The topological polar surface area (TPSA) is 64.7 Å². The number of nitrogens with zero attached hydrogens (tertiary/aromatic N) is 3. The van der Waals surface area contributed by atoms with Gasteiger partial charge in [0.05, 0.1) is 20.8 Å². The van der Waals surface area contributed by atoms with Gasteiger partial charge in [-0.2, -0.15) is 0 Å². The summed E-state index contributed by atoms with van der Waals surface area (Å²) in [6.07, 6.45) is 1.52. The van der Waals surface area contributed by atoms with E-state index in [2.05, 4.69) is 39.6 Å². The lowest BCUT2D eigenvalue weighted by molar-refractivity contribution is 1.24. The highest BCUT2D eigenvalue weighted by atomic mass is 32.1. The summed E-state index contributed by atoms with van der Waals surface area (Å²) in [6.45, 7) is 0. The highest BCUT2D eigenvalue weighted by Gasteiger charge is 2.17. The number of aromatic nitrogens is 3. The van der Waals surface area contributed by atoms with E-state index in [-0.39, 0.29) is 0 Å². The van der Waals surface area contributed by atoms with Crippen molar-refractivity contribution in [3.05, 3.63) is 60.2 Å². The van der Waals surface area contributed by atoms with Gasteiger partial charge in [-0.25, -0.2) is 15.0 Å². The summed E-state index contributed by atoms with van der Waals surface area (Å²) >= 11 is 3.24. The minimum atomic E-state index is 0.504. The van der Waals surface area contributed by atoms with Crippen LogP contribution in [0.5, 0.6) is 0 Å². The monoisotopic (exact) mass is 360 g/mol. The Morgan fingerprint density at radius 2 is 1.84 bits per heavy atom. The van der Waals surface area contributed by atoms with Crippen molar-refractivity contribution in [1.82, 2.24) is 15.0 Å². The van der Waals surface area contributed by atoms with E-state index in [1.807, 2.05) is 24.3 Å². The van der Waals surface area contributed by atoms with Crippen molar-refractivity contribution in [2.24, 2.45) is 0 Å². The molecule has 25 heavy (non-hydrogen) atoms. The van der Waals surface area contributed by atoms with Gasteiger partial charge in [-0.3, -0.25) is 0 Å². The lowest BCUT2D eigenvalue weighted by Gasteiger charge is -2.07. The van der Waals surface area contributed by atoms with E-state index in [1.165, 1.54) is 6.33 Å². The Labute approximate surface area is 151 Å². The van der Waals surface area contributed by atoms with Crippen LogP contribution in [0.15, 0.2) is 60.2 Å². The molecular weight excluding hydrogens is 348 g/mol. The molecule has 4 nitrogen and oxygen atoms in total. The van der Waals surface area contributed by atoms with Gasteiger partial charge in [0, 0.05) is 5.39 Å². The second-order valence-electron chi connectivity index (χ2n) is 5.62. The molecule has 0 fully saturated rings. The molecule has 120 valence electrons. The minimum Gasteiger partial charge on any atom is -0.382 e. The maximum atomic E-state index is 6.08. The van der Waals surface area contributed by atoms with E-state index >= 15 is 0 Å². The van der Waals surface area contributed by atoms with Crippen molar-refractivity contribution in [3.8, 4) is 21.7 Å². The van der Waals surface area contributed by atoms with E-state index in [9.17, 15) is 0 Å². The zero-order valence-corrected chi connectivity index (χ0v) is 14.6. The largest absolute Gasteiger partial charge is 0.382 e. The van der Waals surface area contributed by atoms with E-state index in [0.717, 1.165) is 42.1 Å². The summed E-state index contributed by atoms with van der Waals surface area (Å²) in [6, 6.07) is 16.6. The van der Waals surface area contributed by atoms with Gasteiger partial charge in [0.2, 0.25) is 0 Å². The first-order valence-corrected chi connectivity index (χ1v) is 9.44. The van der Waals surface area contributed by atoms with E-state index in [1.54, 1.807) is 22.7 Å². The molecular formula is C19H12N4S2. The molecule has 1 aromatic carbocycles. The molecule has 0 saturated carbocycles. The summed E-state index contributed by atoms with van der Waals surface area (Å²) in [5.74, 6) is 0.504. The molecule has 0 aliphatic rings. The zero-order chi connectivity index (χ0) is 16.8. The SMILES string of the molecule is Nc1ncnc2c1sc1nc(-c3cccs3)cc(-c3ccccc3)c12. The molecule has 5 rings (SSSR count). The smallest absolute Gasteiger partial charge is 0.144 e. The van der Waals surface area contributed by atoms with Crippen LogP contribution in [0.25, 0.3) is 42.1 Å². The van der Waals surface area contributed by atoms with Crippen molar-refractivity contribution in [1.29, 1.82) is 0 Å². The lowest BCUT2D eigenvalue weighted by Crippen LogP contribution is -1.90. The van der Waals surface area contributed by atoms with Crippen molar-refractivity contribution < 1.29 is 0 Å². The maximum absolute atomic E-state index is 6.08. The molecule has 0 bridgehead atoms. The van der Waals surface area contributed by atoms with Crippen LogP contribution in [0.2, 0.25) is 0 Å². The van der Waals surface area contributed by atoms with Crippen LogP contribution in [-0.4, -0.2) is 15.0 Å². The lowest BCUT2D eigenvalue weighted by atomic mass is 10.0. The number of fused-ring (bicyclic) bond motifs is 3. The Balaban J connectivity index is 1.94. The Morgan fingerprint density at radius 3 is 2.64 bits per heavy atom. The van der Waals surface area contributed by atoms with Gasteiger partial charge < -0.3 is 5.73 Å². The average molecular weight is 360 g/mol. The van der Waals surface area contributed by atoms with Gasteiger partial charge in [0.15, 0.2) is 0 Å². The molecule has 6 heteroatoms. The van der Waals surface area contributed by atoms with Gasteiger partial charge >= 0.3 is 0 Å². The molecule has 5 aromatic rings. The van der Waals surface area contributed by atoms with Crippen molar-refractivity contribution in [2.45, 2.75) is 0 Å². The molecule has 0 amide bonds. The standard InChI is InChI=1S/C19H12N4S2/c20-18-17-16(21-10-22-18)15-12(11-5-2-1-3-6-11)9-13(23-19(15)25-17)14-7-4-8-24-14/h1-10H,(H2,20,21,22). The van der Waals surface area contributed by atoms with Crippen molar-refractivity contribution in [3.63, 3.8) is 0 Å². The first kappa shape index (κ1) is 14.5. The third kappa shape index (κ3) is 2.30. The number of thiophene rings is 2.